The Balaban J connectivity index is 0.000000119. The van der Waals surface area contributed by atoms with Gasteiger partial charge in [-0.1, -0.05) is 71.2 Å². The van der Waals surface area contributed by atoms with Crippen LogP contribution in [0.4, 0.5) is 33.3 Å². The van der Waals surface area contributed by atoms with Gasteiger partial charge in [0.05, 0.1) is 130 Å². The number of non-ortho nitro benzene ring substituents is 1. The number of thiophene rings is 1. The number of pyridine rings is 5. The summed E-state index contributed by atoms with van der Waals surface area (Å²) in [6.45, 7) is 0. The molecule has 0 aliphatic carbocycles. The van der Waals surface area contributed by atoms with E-state index in [1.54, 1.807) is 107 Å². The number of nitro groups is 1. The largest absolute Gasteiger partial charge is 0.497 e. The highest BCUT2D eigenvalue weighted by atomic mass is 35.5. The number of nitrogens with zero attached hydrogens (tertiary/aromatic N) is 14. The Morgan fingerprint density at radius 2 is 0.768 bits per heavy atom. The molecule has 8 aromatic carbocycles. The molecule has 10 aromatic heterocycles. The standard InChI is InChI=1S/C25H17N5O2S.C18H12ClFN4O2.C18H12ClN5O4.C18H13ClN4O2/c1-32-15-9-8-14-11-18-23(26)29-30(24(18)28-20(14)12-15)25(31)17-13-21(22-7-4-10-33-22)27-19-6-3-2-5-16(17)19;1-26-11-4-2-9-6-13-16(21)23-24(17(13)22-15(9)8-11)18(25)12-5-3-10(20)7-14(12)19;1-28-11-4-2-9-6-13-16(20)22-23(17(13)21-15(9)8-11)18(25)12-5-3-10(24(26)27)7-14(12)19;1-25-11-7-6-10-8-13-16(20)22-23(17(13)21-15(10)9-11)18(24)12-4-2-3-5-14(12)19/h2-13H,1H3,(H2,26,29);2-8H,1H3,(H2,21,23);2-8H,1H3,(H2,20,22);2-9H,1H3,(H2,20,22). The molecule has 0 atom stereocenters. The summed E-state index contributed by atoms with van der Waals surface area (Å²) in [7, 11) is 6.29. The molecule has 0 saturated carbocycles. The van der Waals surface area contributed by atoms with Gasteiger partial charge in [0.2, 0.25) is 0 Å². The lowest BCUT2D eigenvalue weighted by Gasteiger charge is -2.09. The lowest BCUT2D eigenvalue weighted by atomic mass is 10.1. The van der Waals surface area contributed by atoms with Crippen molar-refractivity contribution in [2.45, 2.75) is 0 Å². The molecule has 0 radical (unpaired) electrons. The average molecular weight is 1570 g/mol. The van der Waals surface area contributed by atoms with Gasteiger partial charge in [-0.2, -0.15) is 18.7 Å². The van der Waals surface area contributed by atoms with Crippen LogP contribution in [-0.4, -0.2) is 121 Å². The van der Waals surface area contributed by atoms with Crippen molar-refractivity contribution in [1.82, 2.24) is 64.0 Å². The van der Waals surface area contributed by atoms with Crippen LogP contribution in [0.3, 0.4) is 0 Å². The fraction of sp³-hybridized carbons (Fsp3) is 0.0506. The van der Waals surface area contributed by atoms with Gasteiger partial charge in [0.25, 0.3) is 29.3 Å². The maximum atomic E-state index is 13.8. The Labute approximate surface area is 648 Å². The van der Waals surface area contributed by atoms with Crippen LogP contribution in [0.1, 0.15) is 41.4 Å². The summed E-state index contributed by atoms with van der Waals surface area (Å²) >= 11 is 19.8. The number of hydrogen-bond donors (Lipinski definition) is 4. The Kier molecular flexibility index (Phi) is 19.6. The molecule has 112 heavy (non-hydrogen) atoms. The van der Waals surface area contributed by atoms with E-state index in [-0.39, 0.29) is 73.2 Å². The predicted molar refractivity (Wildman–Crippen MR) is 429 cm³/mol. The third-order valence-electron chi connectivity index (χ3n) is 17.9. The number of nitrogens with two attached hydrogens (primary N) is 4. The van der Waals surface area contributed by atoms with Crippen molar-refractivity contribution in [2.75, 3.05) is 51.4 Å². The second-order valence-electron chi connectivity index (χ2n) is 24.7. The minimum Gasteiger partial charge on any atom is -0.497 e. The van der Waals surface area contributed by atoms with Crippen molar-refractivity contribution in [1.29, 1.82) is 0 Å². The number of rotatable bonds is 10. The summed E-state index contributed by atoms with van der Waals surface area (Å²) in [6, 6.07) is 56.4. The number of aromatic nitrogens is 13. The number of fused-ring (bicyclic) bond motifs is 9. The Morgan fingerprint density at radius 3 is 1.14 bits per heavy atom. The molecule has 0 bridgehead atoms. The van der Waals surface area contributed by atoms with Gasteiger partial charge in [-0.3, -0.25) is 29.3 Å². The maximum Gasteiger partial charge on any atom is 0.281 e. The summed E-state index contributed by atoms with van der Waals surface area (Å²) in [5.41, 5.74) is 30.2. The lowest BCUT2D eigenvalue weighted by molar-refractivity contribution is -0.384. The third-order valence-corrected chi connectivity index (χ3v) is 19.8. The number of para-hydroxylation sites is 1. The van der Waals surface area contributed by atoms with Gasteiger partial charge in [-0.05, 0) is 133 Å². The molecule has 0 spiro atoms. The van der Waals surface area contributed by atoms with Crippen molar-refractivity contribution in [3.05, 3.63) is 259 Å². The fourth-order valence-corrected chi connectivity index (χ4v) is 13.7. The molecule has 0 amide bonds. The number of halogens is 4. The van der Waals surface area contributed by atoms with E-state index in [4.69, 9.17) is 86.7 Å². The third kappa shape index (κ3) is 13.9. The first-order chi connectivity index (χ1) is 54.1. The predicted octanol–water partition coefficient (Wildman–Crippen LogP) is 15.7. The van der Waals surface area contributed by atoms with E-state index < -0.39 is 22.6 Å². The number of carbonyl (C=O) groups excluding carboxylic acids is 4. The van der Waals surface area contributed by atoms with E-state index in [0.29, 0.717) is 94.1 Å². The molecule has 28 nitrogen and oxygen atoms in total. The first-order valence-corrected chi connectivity index (χ1v) is 35.4. The molecular formula is C79H54Cl3FN18O10S. The number of hydrogen-bond acceptors (Lipinski definition) is 24. The number of ether oxygens (including phenoxy) is 4. The molecule has 0 fully saturated rings. The Hall–Kier alpha value is -14.3. The molecule has 18 rings (SSSR count). The molecule has 0 aliphatic heterocycles. The molecule has 0 saturated heterocycles. The molecule has 18 aromatic rings. The number of anilines is 4. The zero-order valence-electron chi connectivity index (χ0n) is 58.7. The minimum atomic E-state index is -0.601. The second-order valence-corrected chi connectivity index (χ2v) is 26.8. The normalized spacial score (nSPS) is 11.2. The molecule has 8 N–H and O–H groups in total. The SMILES string of the molecule is COc1ccc2cc3c(N)nn(C(=O)c4cc(-c5cccs5)nc5ccccc45)c3nc2c1.COc1ccc2cc3c(N)nn(C(=O)c4ccc(F)cc4Cl)c3nc2c1.COc1ccc2cc3c(N)nn(C(=O)c4ccc([N+](=O)[O-])cc4Cl)c3nc2c1.COc1ccc2cc3c(N)nn(C(=O)c4ccccc4Cl)c3nc2c1. The van der Waals surface area contributed by atoms with Crippen molar-refractivity contribution >= 4 is 197 Å². The number of nitrogen functional groups attached to an aromatic ring is 4. The lowest BCUT2D eigenvalue weighted by Crippen LogP contribution is -2.15. The Morgan fingerprint density at radius 1 is 0.393 bits per heavy atom. The van der Waals surface area contributed by atoms with Crippen LogP contribution in [-0.2, 0) is 0 Å². The van der Waals surface area contributed by atoms with Crippen LogP contribution in [0.5, 0.6) is 23.0 Å². The molecular weight excluding hydrogens is 1520 g/mol. The highest BCUT2D eigenvalue weighted by Crippen LogP contribution is 2.36. The highest BCUT2D eigenvalue weighted by Gasteiger charge is 2.27. The second kappa shape index (κ2) is 30.0. The van der Waals surface area contributed by atoms with E-state index in [1.165, 1.54) is 27.6 Å². The monoisotopic (exact) mass is 1570 g/mol. The van der Waals surface area contributed by atoms with E-state index >= 15 is 0 Å². The van der Waals surface area contributed by atoms with Crippen LogP contribution in [0, 0.1) is 15.9 Å². The van der Waals surface area contributed by atoms with Crippen LogP contribution in [0.15, 0.2) is 206 Å². The van der Waals surface area contributed by atoms with E-state index in [1.807, 2.05) is 102 Å². The van der Waals surface area contributed by atoms with Gasteiger partial charge >= 0.3 is 0 Å². The topological polar surface area (TPSA) is 388 Å². The smallest absolute Gasteiger partial charge is 0.281 e. The van der Waals surface area contributed by atoms with Crippen molar-refractivity contribution in [3.63, 3.8) is 0 Å². The van der Waals surface area contributed by atoms with Gasteiger partial charge in [0.1, 0.15) is 28.8 Å². The average Bonchev–Trinajstić information content (AvgIpc) is 1.70. The quantitative estimate of drug-likeness (QED) is 0.0729. The first-order valence-electron chi connectivity index (χ1n) is 33.3. The number of benzene rings is 8. The summed E-state index contributed by atoms with van der Waals surface area (Å²) < 4.78 is 38.8. The fourth-order valence-electron chi connectivity index (χ4n) is 12.3. The van der Waals surface area contributed by atoms with Crippen LogP contribution >= 0.6 is 46.1 Å². The summed E-state index contributed by atoms with van der Waals surface area (Å²) in [5.74, 6) is 1.00. The van der Waals surface area contributed by atoms with Gasteiger partial charge in [0, 0.05) is 63.3 Å². The first kappa shape index (κ1) is 73.2. The van der Waals surface area contributed by atoms with E-state index in [0.717, 1.165) is 70.6 Å². The summed E-state index contributed by atoms with van der Waals surface area (Å²) in [5, 5.41) is 36.2. The van der Waals surface area contributed by atoms with Crippen LogP contribution in [0.25, 0.3) is 109 Å². The number of methoxy groups -OCH3 is 4. The van der Waals surface area contributed by atoms with Crippen LogP contribution in [0.2, 0.25) is 15.1 Å². The van der Waals surface area contributed by atoms with Gasteiger partial charge < -0.3 is 41.9 Å². The molecule has 0 unspecified atom stereocenters. The number of carbonyl (C=O) groups is 4. The van der Waals surface area contributed by atoms with E-state index in [2.05, 4.69) is 35.3 Å². The van der Waals surface area contributed by atoms with Gasteiger partial charge in [-0.15, -0.1) is 31.7 Å². The molecule has 0 aliphatic rings. The van der Waals surface area contributed by atoms with Gasteiger partial charge in [-0.25, -0.2) is 29.3 Å². The van der Waals surface area contributed by atoms with Crippen molar-refractivity contribution in [3.8, 4) is 33.6 Å². The van der Waals surface area contributed by atoms with Crippen LogP contribution < -0.4 is 41.9 Å². The summed E-state index contributed by atoms with van der Waals surface area (Å²) in [6.07, 6.45) is 0. The van der Waals surface area contributed by atoms with Gasteiger partial charge in [0.15, 0.2) is 45.9 Å². The molecule has 554 valence electrons. The zero-order valence-corrected chi connectivity index (χ0v) is 61.8. The van der Waals surface area contributed by atoms with Crippen molar-refractivity contribution in [2.24, 2.45) is 0 Å². The minimum absolute atomic E-state index is 0.0142. The van der Waals surface area contributed by atoms with E-state index in [9.17, 15) is 33.7 Å². The number of nitro benzene ring substituents is 1. The summed E-state index contributed by atoms with van der Waals surface area (Å²) in [4.78, 5) is 86.8. The maximum absolute atomic E-state index is 13.8. The molecule has 33 heteroatoms. The Bertz CT molecular complexity index is 6940. The van der Waals surface area contributed by atoms with Crippen molar-refractivity contribution < 1.29 is 47.4 Å². The molecule has 10 heterocycles. The highest BCUT2D eigenvalue weighted by molar-refractivity contribution is 7.13. The zero-order chi connectivity index (χ0) is 78.5.